The van der Waals surface area contributed by atoms with Crippen molar-refractivity contribution in [3.05, 3.63) is 29.3 Å². The summed E-state index contributed by atoms with van der Waals surface area (Å²) in [6.07, 6.45) is 7.33. The van der Waals surface area contributed by atoms with Crippen molar-refractivity contribution in [3.63, 3.8) is 0 Å². The number of carbonyl (C=O) groups is 1. The molecule has 3 N–H and O–H groups in total. The standard InChI is InChI=1S/C17H26N2O/c1-3-4-13-5-8-15(9-6-13)19-17(20)14-7-10-16(18)12(2)11-14/h7,10-11,13,15H,3-6,8-9,18H2,1-2H3,(H,19,20). The van der Waals surface area contributed by atoms with Gasteiger partial charge in [-0.1, -0.05) is 19.8 Å². The molecule has 2 rings (SSSR count). The summed E-state index contributed by atoms with van der Waals surface area (Å²) in [5, 5.41) is 3.16. The molecular formula is C17H26N2O. The molecule has 0 atom stereocenters. The van der Waals surface area contributed by atoms with Crippen LogP contribution < -0.4 is 11.1 Å². The Morgan fingerprint density at radius 3 is 2.60 bits per heavy atom. The zero-order valence-corrected chi connectivity index (χ0v) is 12.6. The summed E-state index contributed by atoms with van der Waals surface area (Å²) in [6.45, 7) is 4.18. The lowest BCUT2D eigenvalue weighted by atomic mass is 9.83. The maximum Gasteiger partial charge on any atom is 0.251 e. The first-order valence-electron chi connectivity index (χ1n) is 7.77. The van der Waals surface area contributed by atoms with Crippen LogP contribution in [0.15, 0.2) is 18.2 Å². The van der Waals surface area contributed by atoms with Gasteiger partial charge in [0, 0.05) is 17.3 Å². The third-order valence-corrected chi connectivity index (χ3v) is 4.41. The molecule has 0 radical (unpaired) electrons. The number of amides is 1. The highest BCUT2D eigenvalue weighted by atomic mass is 16.1. The monoisotopic (exact) mass is 274 g/mol. The summed E-state index contributed by atoms with van der Waals surface area (Å²) in [6, 6.07) is 5.82. The van der Waals surface area contributed by atoms with Crippen molar-refractivity contribution in [1.82, 2.24) is 5.32 Å². The molecule has 1 fully saturated rings. The lowest BCUT2D eigenvalue weighted by Crippen LogP contribution is -2.37. The fraction of sp³-hybridized carbons (Fsp3) is 0.588. The fourth-order valence-corrected chi connectivity index (χ4v) is 3.09. The molecule has 1 aliphatic rings. The van der Waals surface area contributed by atoms with E-state index >= 15 is 0 Å². The Kier molecular flexibility index (Phi) is 5.05. The van der Waals surface area contributed by atoms with Crippen LogP contribution in [0.5, 0.6) is 0 Å². The number of rotatable bonds is 4. The van der Waals surface area contributed by atoms with Gasteiger partial charge in [-0.25, -0.2) is 0 Å². The van der Waals surface area contributed by atoms with Gasteiger partial charge in [0.1, 0.15) is 0 Å². The van der Waals surface area contributed by atoms with E-state index in [0.717, 1.165) is 30.0 Å². The zero-order valence-electron chi connectivity index (χ0n) is 12.6. The van der Waals surface area contributed by atoms with Crippen LogP contribution in [-0.4, -0.2) is 11.9 Å². The van der Waals surface area contributed by atoms with Crippen molar-refractivity contribution in [2.24, 2.45) is 5.92 Å². The van der Waals surface area contributed by atoms with Crippen LogP contribution in [0.2, 0.25) is 0 Å². The molecule has 0 spiro atoms. The summed E-state index contributed by atoms with van der Waals surface area (Å²) < 4.78 is 0. The molecule has 1 aromatic rings. The van der Waals surface area contributed by atoms with Crippen molar-refractivity contribution in [2.45, 2.75) is 58.4 Å². The number of hydrogen-bond donors (Lipinski definition) is 2. The average molecular weight is 274 g/mol. The number of carbonyl (C=O) groups excluding carboxylic acids is 1. The normalized spacial score (nSPS) is 22.5. The number of nitrogens with one attached hydrogen (secondary N) is 1. The molecule has 0 heterocycles. The summed E-state index contributed by atoms with van der Waals surface area (Å²) in [7, 11) is 0. The van der Waals surface area contributed by atoms with Crippen LogP contribution in [-0.2, 0) is 0 Å². The highest BCUT2D eigenvalue weighted by Crippen LogP contribution is 2.27. The van der Waals surface area contributed by atoms with E-state index in [1.165, 1.54) is 25.7 Å². The van der Waals surface area contributed by atoms with Crippen LogP contribution in [0.4, 0.5) is 5.69 Å². The first-order valence-corrected chi connectivity index (χ1v) is 7.77. The molecular weight excluding hydrogens is 248 g/mol. The minimum Gasteiger partial charge on any atom is -0.399 e. The lowest BCUT2D eigenvalue weighted by Gasteiger charge is -2.29. The second-order valence-electron chi connectivity index (χ2n) is 6.05. The van der Waals surface area contributed by atoms with E-state index in [1.807, 2.05) is 19.1 Å². The number of nitrogen functional groups attached to an aromatic ring is 1. The third kappa shape index (κ3) is 3.75. The van der Waals surface area contributed by atoms with Crippen LogP contribution in [0, 0.1) is 12.8 Å². The van der Waals surface area contributed by atoms with Gasteiger partial charge in [-0.05, 0) is 62.3 Å². The predicted octanol–water partition coefficient (Wildman–Crippen LogP) is 3.67. The summed E-state index contributed by atoms with van der Waals surface area (Å²) >= 11 is 0. The summed E-state index contributed by atoms with van der Waals surface area (Å²) in [5.41, 5.74) is 8.20. The van der Waals surface area contributed by atoms with Crippen molar-refractivity contribution >= 4 is 11.6 Å². The predicted molar refractivity (Wildman–Crippen MR) is 83.7 cm³/mol. The Hall–Kier alpha value is -1.51. The second-order valence-corrected chi connectivity index (χ2v) is 6.05. The van der Waals surface area contributed by atoms with Crippen molar-refractivity contribution in [1.29, 1.82) is 0 Å². The van der Waals surface area contributed by atoms with E-state index in [9.17, 15) is 4.79 Å². The van der Waals surface area contributed by atoms with Gasteiger partial charge in [0.25, 0.3) is 5.91 Å². The maximum atomic E-state index is 12.2. The first-order chi connectivity index (χ1) is 9.60. The molecule has 3 nitrogen and oxygen atoms in total. The van der Waals surface area contributed by atoms with Crippen molar-refractivity contribution in [2.75, 3.05) is 5.73 Å². The molecule has 110 valence electrons. The smallest absolute Gasteiger partial charge is 0.251 e. The van der Waals surface area contributed by atoms with Gasteiger partial charge < -0.3 is 11.1 Å². The van der Waals surface area contributed by atoms with Gasteiger partial charge in [-0.15, -0.1) is 0 Å². The van der Waals surface area contributed by atoms with E-state index in [1.54, 1.807) is 6.07 Å². The van der Waals surface area contributed by atoms with Crippen LogP contribution in [0.25, 0.3) is 0 Å². The van der Waals surface area contributed by atoms with E-state index < -0.39 is 0 Å². The molecule has 1 aromatic carbocycles. The molecule has 0 bridgehead atoms. The third-order valence-electron chi connectivity index (χ3n) is 4.41. The topological polar surface area (TPSA) is 55.1 Å². The van der Waals surface area contributed by atoms with E-state index in [-0.39, 0.29) is 5.91 Å². The highest BCUT2D eigenvalue weighted by Gasteiger charge is 2.22. The van der Waals surface area contributed by atoms with Crippen molar-refractivity contribution < 1.29 is 4.79 Å². The molecule has 0 aromatic heterocycles. The zero-order chi connectivity index (χ0) is 14.5. The number of hydrogen-bond acceptors (Lipinski definition) is 2. The number of aryl methyl sites for hydroxylation is 1. The fourth-order valence-electron chi connectivity index (χ4n) is 3.09. The molecule has 3 heteroatoms. The Labute approximate surface area is 121 Å². The van der Waals surface area contributed by atoms with Gasteiger partial charge in [-0.3, -0.25) is 4.79 Å². The SMILES string of the molecule is CCCC1CCC(NC(=O)c2ccc(N)c(C)c2)CC1. The van der Waals surface area contributed by atoms with Gasteiger partial charge in [0.2, 0.25) is 0 Å². The maximum absolute atomic E-state index is 12.2. The Bertz CT molecular complexity index is 462. The molecule has 20 heavy (non-hydrogen) atoms. The largest absolute Gasteiger partial charge is 0.399 e. The minimum atomic E-state index is 0.0343. The number of nitrogens with two attached hydrogens (primary N) is 1. The van der Waals surface area contributed by atoms with Gasteiger partial charge in [-0.2, -0.15) is 0 Å². The molecule has 1 amide bonds. The first kappa shape index (κ1) is 14.9. The average Bonchev–Trinajstić information content (AvgIpc) is 2.44. The Balaban J connectivity index is 1.87. The molecule has 1 aliphatic carbocycles. The molecule has 0 aliphatic heterocycles. The number of benzene rings is 1. The van der Waals surface area contributed by atoms with Crippen LogP contribution in [0.1, 0.15) is 61.4 Å². The summed E-state index contributed by atoms with van der Waals surface area (Å²) in [4.78, 5) is 12.2. The van der Waals surface area contributed by atoms with Gasteiger partial charge >= 0.3 is 0 Å². The quantitative estimate of drug-likeness (QED) is 0.823. The van der Waals surface area contributed by atoms with Crippen LogP contribution >= 0.6 is 0 Å². The lowest BCUT2D eigenvalue weighted by molar-refractivity contribution is 0.0921. The van der Waals surface area contributed by atoms with E-state index in [4.69, 9.17) is 5.73 Å². The molecule has 0 unspecified atom stereocenters. The molecule has 1 saturated carbocycles. The molecule has 0 saturated heterocycles. The highest BCUT2D eigenvalue weighted by molar-refractivity contribution is 5.95. The van der Waals surface area contributed by atoms with Gasteiger partial charge in [0.15, 0.2) is 0 Å². The summed E-state index contributed by atoms with van der Waals surface area (Å²) in [5.74, 6) is 0.902. The minimum absolute atomic E-state index is 0.0343. The Morgan fingerprint density at radius 1 is 1.30 bits per heavy atom. The van der Waals surface area contributed by atoms with Gasteiger partial charge in [0.05, 0.1) is 0 Å². The second kappa shape index (κ2) is 6.78. The number of anilines is 1. The van der Waals surface area contributed by atoms with E-state index in [0.29, 0.717) is 11.6 Å². The van der Waals surface area contributed by atoms with Crippen LogP contribution in [0.3, 0.4) is 0 Å². The van der Waals surface area contributed by atoms with E-state index in [2.05, 4.69) is 12.2 Å². The Morgan fingerprint density at radius 2 is 2.00 bits per heavy atom. The van der Waals surface area contributed by atoms with Crippen molar-refractivity contribution in [3.8, 4) is 0 Å².